The largest absolute Gasteiger partial charge is 0.458 e. The molecule has 0 fully saturated rings. The van der Waals surface area contributed by atoms with Crippen molar-refractivity contribution in [2.24, 2.45) is 0 Å². The molecule has 0 saturated carbocycles. The first-order valence-corrected chi connectivity index (χ1v) is 6.90. The van der Waals surface area contributed by atoms with Gasteiger partial charge in [0.2, 0.25) is 5.91 Å². The van der Waals surface area contributed by atoms with Gasteiger partial charge in [-0.25, -0.2) is 4.79 Å². The molecular formula is C16H23NO3. The van der Waals surface area contributed by atoms with E-state index >= 15 is 0 Å². The average molecular weight is 277 g/mol. The van der Waals surface area contributed by atoms with E-state index < -0.39 is 17.6 Å². The lowest BCUT2D eigenvalue weighted by Gasteiger charge is -2.24. The average Bonchev–Trinajstić information content (AvgIpc) is 2.35. The molecule has 4 heteroatoms. The van der Waals surface area contributed by atoms with Gasteiger partial charge in [0.25, 0.3) is 0 Å². The van der Waals surface area contributed by atoms with E-state index in [1.54, 1.807) is 32.9 Å². The van der Waals surface area contributed by atoms with Crippen LogP contribution in [0.15, 0.2) is 30.3 Å². The van der Waals surface area contributed by atoms with Gasteiger partial charge in [0.1, 0.15) is 5.60 Å². The molecule has 4 nitrogen and oxygen atoms in total. The van der Waals surface area contributed by atoms with E-state index in [-0.39, 0.29) is 5.91 Å². The van der Waals surface area contributed by atoms with Gasteiger partial charge in [-0.1, -0.05) is 37.3 Å². The van der Waals surface area contributed by atoms with Gasteiger partial charge < -0.3 is 10.1 Å². The Hall–Kier alpha value is -1.84. The molecule has 1 amide bonds. The number of rotatable bonds is 5. The SMILES string of the molecule is CCCC(=O)N[C@@H](C(=O)OC(C)(C)C)c1ccccc1. The second kappa shape index (κ2) is 7.08. The fourth-order valence-electron chi connectivity index (χ4n) is 1.74. The Bertz CT molecular complexity index is 449. The molecule has 0 aliphatic carbocycles. The smallest absolute Gasteiger partial charge is 0.333 e. The van der Waals surface area contributed by atoms with E-state index in [0.717, 1.165) is 12.0 Å². The van der Waals surface area contributed by atoms with E-state index in [9.17, 15) is 9.59 Å². The molecule has 1 aromatic carbocycles. The maximum atomic E-state index is 12.3. The molecule has 1 atom stereocenters. The summed E-state index contributed by atoms with van der Waals surface area (Å²) in [5.74, 6) is -0.583. The van der Waals surface area contributed by atoms with Gasteiger partial charge >= 0.3 is 5.97 Å². The quantitative estimate of drug-likeness (QED) is 0.842. The lowest BCUT2D eigenvalue weighted by atomic mass is 10.1. The van der Waals surface area contributed by atoms with Crippen molar-refractivity contribution in [3.8, 4) is 0 Å². The van der Waals surface area contributed by atoms with Crippen LogP contribution in [0.25, 0.3) is 0 Å². The van der Waals surface area contributed by atoms with Crippen LogP contribution in [-0.4, -0.2) is 17.5 Å². The molecule has 110 valence electrons. The minimum atomic E-state index is -0.755. The molecule has 0 heterocycles. The van der Waals surface area contributed by atoms with Crippen LogP contribution in [0.3, 0.4) is 0 Å². The molecule has 0 aliphatic heterocycles. The van der Waals surface area contributed by atoms with Crippen LogP contribution in [0.2, 0.25) is 0 Å². The van der Waals surface area contributed by atoms with E-state index in [1.807, 2.05) is 25.1 Å². The van der Waals surface area contributed by atoms with Crippen LogP contribution in [0, 0.1) is 0 Å². The van der Waals surface area contributed by atoms with Gasteiger partial charge in [-0.15, -0.1) is 0 Å². The number of amides is 1. The summed E-state index contributed by atoms with van der Waals surface area (Å²) in [5, 5.41) is 2.74. The number of ether oxygens (including phenoxy) is 1. The molecule has 0 unspecified atom stereocenters. The third-order valence-corrected chi connectivity index (χ3v) is 2.56. The van der Waals surface area contributed by atoms with E-state index in [2.05, 4.69) is 5.32 Å². The molecular weight excluding hydrogens is 254 g/mol. The minimum absolute atomic E-state index is 0.146. The van der Waals surface area contributed by atoms with Crippen molar-refractivity contribution in [1.82, 2.24) is 5.32 Å². The number of benzene rings is 1. The van der Waals surface area contributed by atoms with E-state index in [4.69, 9.17) is 4.74 Å². The highest BCUT2D eigenvalue weighted by Crippen LogP contribution is 2.18. The maximum absolute atomic E-state index is 12.3. The zero-order valence-electron chi connectivity index (χ0n) is 12.6. The Kier molecular flexibility index (Phi) is 5.74. The van der Waals surface area contributed by atoms with Gasteiger partial charge in [-0.2, -0.15) is 0 Å². The molecule has 1 N–H and O–H groups in total. The fourth-order valence-corrected chi connectivity index (χ4v) is 1.74. The van der Waals surface area contributed by atoms with Crippen LogP contribution in [0.4, 0.5) is 0 Å². The molecule has 1 aromatic rings. The third kappa shape index (κ3) is 5.43. The second-order valence-electron chi connectivity index (χ2n) is 5.69. The lowest BCUT2D eigenvalue weighted by molar-refractivity contribution is -0.158. The first-order chi connectivity index (χ1) is 9.33. The summed E-state index contributed by atoms with van der Waals surface area (Å²) in [7, 11) is 0. The monoisotopic (exact) mass is 277 g/mol. The minimum Gasteiger partial charge on any atom is -0.458 e. The van der Waals surface area contributed by atoms with Gasteiger partial charge in [0, 0.05) is 6.42 Å². The van der Waals surface area contributed by atoms with Crippen molar-refractivity contribution >= 4 is 11.9 Å². The topological polar surface area (TPSA) is 55.4 Å². The van der Waals surface area contributed by atoms with Crippen molar-refractivity contribution in [3.63, 3.8) is 0 Å². The zero-order valence-corrected chi connectivity index (χ0v) is 12.6. The Morgan fingerprint density at radius 3 is 2.30 bits per heavy atom. The summed E-state index contributed by atoms with van der Waals surface area (Å²) in [4.78, 5) is 24.0. The van der Waals surface area contributed by atoms with E-state index in [1.165, 1.54) is 0 Å². The summed E-state index contributed by atoms with van der Waals surface area (Å²) in [6.07, 6.45) is 1.13. The number of esters is 1. The Balaban J connectivity index is 2.90. The first kappa shape index (κ1) is 16.2. The molecule has 0 aromatic heterocycles. The number of carbonyl (C=O) groups is 2. The van der Waals surface area contributed by atoms with Crippen molar-refractivity contribution in [2.45, 2.75) is 52.2 Å². The molecule has 0 saturated heterocycles. The molecule has 0 radical (unpaired) electrons. The standard InChI is InChI=1S/C16H23NO3/c1-5-9-13(18)17-14(12-10-7-6-8-11-12)15(19)20-16(2,3)4/h6-8,10-11,14H,5,9H2,1-4H3,(H,17,18)/t14-/m1/s1. The van der Waals surface area contributed by atoms with Crippen LogP contribution in [-0.2, 0) is 14.3 Å². The zero-order chi connectivity index (χ0) is 15.2. The fraction of sp³-hybridized carbons (Fsp3) is 0.500. The number of nitrogens with one attached hydrogen (secondary N) is 1. The second-order valence-corrected chi connectivity index (χ2v) is 5.69. The number of carbonyl (C=O) groups excluding carboxylic acids is 2. The van der Waals surface area contributed by atoms with Crippen molar-refractivity contribution in [2.75, 3.05) is 0 Å². The number of hydrogen-bond acceptors (Lipinski definition) is 3. The Morgan fingerprint density at radius 2 is 1.80 bits per heavy atom. The predicted octanol–water partition coefficient (Wildman–Crippen LogP) is 2.99. The van der Waals surface area contributed by atoms with Gasteiger partial charge in [-0.05, 0) is 32.8 Å². The normalized spacial score (nSPS) is 12.6. The summed E-state index contributed by atoms with van der Waals surface area (Å²) >= 11 is 0. The Morgan fingerprint density at radius 1 is 1.20 bits per heavy atom. The van der Waals surface area contributed by atoms with Crippen LogP contribution in [0.5, 0.6) is 0 Å². The van der Waals surface area contributed by atoms with Crippen molar-refractivity contribution in [3.05, 3.63) is 35.9 Å². The van der Waals surface area contributed by atoms with Gasteiger partial charge in [0.15, 0.2) is 6.04 Å². The summed E-state index contributed by atoms with van der Waals surface area (Å²) in [6.45, 7) is 7.34. The Labute approximate surface area is 120 Å². The van der Waals surface area contributed by atoms with Crippen LogP contribution < -0.4 is 5.32 Å². The summed E-state index contributed by atoms with van der Waals surface area (Å²) in [5.41, 5.74) is 0.144. The van der Waals surface area contributed by atoms with Crippen molar-refractivity contribution < 1.29 is 14.3 Å². The summed E-state index contributed by atoms with van der Waals surface area (Å²) in [6, 6.07) is 8.39. The van der Waals surface area contributed by atoms with Gasteiger partial charge in [-0.3, -0.25) is 4.79 Å². The molecule has 0 spiro atoms. The highest BCUT2D eigenvalue weighted by molar-refractivity contribution is 5.85. The number of hydrogen-bond donors (Lipinski definition) is 1. The highest BCUT2D eigenvalue weighted by Gasteiger charge is 2.27. The van der Waals surface area contributed by atoms with Crippen LogP contribution >= 0.6 is 0 Å². The molecule has 1 rings (SSSR count). The highest BCUT2D eigenvalue weighted by atomic mass is 16.6. The molecule has 20 heavy (non-hydrogen) atoms. The van der Waals surface area contributed by atoms with Crippen LogP contribution in [0.1, 0.15) is 52.1 Å². The third-order valence-electron chi connectivity index (χ3n) is 2.56. The maximum Gasteiger partial charge on any atom is 0.333 e. The first-order valence-electron chi connectivity index (χ1n) is 6.90. The molecule has 0 aliphatic rings. The molecule has 0 bridgehead atoms. The van der Waals surface area contributed by atoms with E-state index in [0.29, 0.717) is 6.42 Å². The van der Waals surface area contributed by atoms with Gasteiger partial charge in [0.05, 0.1) is 0 Å². The lowest BCUT2D eigenvalue weighted by Crippen LogP contribution is -2.37. The van der Waals surface area contributed by atoms with Crippen molar-refractivity contribution in [1.29, 1.82) is 0 Å². The predicted molar refractivity (Wildman–Crippen MR) is 78.1 cm³/mol. The summed E-state index contributed by atoms with van der Waals surface area (Å²) < 4.78 is 5.38.